The van der Waals surface area contributed by atoms with Crippen LogP contribution in [-0.4, -0.2) is 6.36 Å². The van der Waals surface area contributed by atoms with Gasteiger partial charge >= 0.3 is 6.36 Å². The molecule has 0 saturated heterocycles. The van der Waals surface area contributed by atoms with Crippen LogP contribution in [0.1, 0.15) is 5.56 Å². The summed E-state index contributed by atoms with van der Waals surface area (Å²) < 4.78 is 39.1. The van der Waals surface area contributed by atoms with E-state index in [9.17, 15) is 13.2 Å². The predicted octanol–water partition coefficient (Wildman–Crippen LogP) is 2.70. The van der Waals surface area contributed by atoms with E-state index in [4.69, 9.17) is 17.3 Å². The van der Waals surface area contributed by atoms with Crippen molar-refractivity contribution in [3.8, 4) is 5.75 Å². The van der Waals surface area contributed by atoms with Crippen molar-refractivity contribution in [2.45, 2.75) is 12.9 Å². The fourth-order valence-corrected chi connectivity index (χ4v) is 1.10. The van der Waals surface area contributed by atoms with Crippen LogP contribution in [0.25, 0.3) is 0 Å². The third-order valence-electron chi connectivity index (χ3n) is 1.47. The molecular weight excluding hydrogens is 219 g/mol. The van der Waals surface area contributed by atoms with Gasteiger partial charge in [-0.3, -0.25) is 0 Å². The molecule has 2 N–H and O–H groups in total. The molecule has 0 aliphatic carbocycles. The first kappa shape index (κ1) is 11.1. The molecule has 0 heterocycles. The monoisotopic (exact) mass is 225 g/mol. The highest BCUT2D eigenvalue weighted by atomic mass is 35.5. The highest BCUT2D eigenvalue weighted by Crippen LogP contribution is 2.26. The van der Waals surface area contributed by atoms with Crippen LogP contribution >= 0.6 is 11.6 Å². The summed E-state index contributed by atoms with van der Waals surface area (Å²) in [6.45, 7) is 0.0634. The number of alkyl halides is 3. The molecule has 1 rings (SSSR count). The number of hydrogen-bond acceptors (Lipinski definition) is 2. The van der Waals surface area contributed by atoms with Crippen LogP contribution in [0, 0.1) is 0 Å². The number of benzene rings is 1. The van der Waals surface area contributed by atoms with Gasteiger partial charge in [-0.25, -0.2) is 0 Å². The summed E-state index contributed by atoms with van der Waals surface area (Å²) in [7, 11) is 0. The van der Waals surface area contributed by atoms with Crippen LogP contribution in [0.5, 0.6) is 5.75 Å². The number of hydrogen-bond donors (Lipinski definition) is 1. The molecule has 0 aliphatic heterocycles. The summed E-state index contributed by atoms with van der Waals surface area (Å²) in [4.78, 5) is 0. The Bertz CT molecular complexity index is 327. The standard InChI is InChI=1S/C8H7ClF3NO/c9-7-2-1-6(3-5(7)4-13)14-8(10,11)12/h1-3H,4,13H2. The number of nitrogens with two attached hydrogens (primary N) is 1. The lowest BCUT2D eigenvalue weighted by molar-refractivity contribution is -0.274. The summed E-state index contributed by atoms with van der Waals surface area (Å²) in [5.41, 5.74) is 5.67. The molecule has 0 radical (unpaired) electrons. The first-order valence-electron chi connectivity index (χ1n) is 3.66. The Labute approximate surface area is 83.4 Å². The Morgan fingerprint density at radius 1 is 1.36 bits per heavy atom. The zero-order valence-electron chi connectivity index (χ0n) is 6.94. The highest BCUT2D eigenvalue weighted by molar-refractivity contribution is 6.31. The van der Waals surface area contributed by atoms with E-state index in [1.165, 1.54) is 6.07 Å². The molecular formula is C8H7ClF3NO. The van der Waals surface area contributed by atoms with Crippen molar-refractivity contribution in [1.29, 1.82) is 0 Å². The van der Waals surface area contributed by atoms with E-state index in [0.717, 1.165) is 12.1 Å². The maximum Gasteiger partial charge on any atom is 0.573 e. The van der Waals surface area contributed by atoms with Gasteiger partial charge in [0, 0.05) is 11.6 Å². The van der Waals surface area contributed by atoms with Gasteiger partial charge in [0.15, 0.2) is 0 Å². The Balaban J connectivity index is 2.90. The van der Waals surface area contributed by atoms with Gasteiger partial charge in [0.1, 0.15) is 5.75 Å². The number of ether oxygens (including phenoxy) is 1. The molecule has 0 spiro atoms. The van der Waals surface area contributed by atoms with Crippen molar-refractivity contribution in [2.24, 2.45) is 5.73 Å². The maximum absolute atomic E-state index is 11.8. The molecule has 2 nitrogen and oxygen atoms in total. The second kappa shape index (κ2) is 4.06. The summed E-state index contributed by atoms with van der Waals surface area (Å²) in [6.07, 6.45) is -4.69. The molecule has 0 bridgehead atoms. The average molecular weight is 226 g/mol. The van der Waals surface area contributed by atoms with Gasteiger partial charge < -0.3 is 10.5 Å². The topological polar surface area (TPSA) is 35.2 Å². The Morgan fingerprint density at radius 2 is 2.00 bits per heavy atom. The summed E-state index contributed by atoms with van der Waals surface area (Å²) in [5, 5.41) is 0.321. The van der Waals surface area contributed by atoms with Crippen molar-refractivity contribution < 1.29 is 17.9 Å². The van der Waals surface area contributed by atoms with Crippen molar-refractivity contribution in [3.63, 3.8) is 0 Å². The van der Waals surface area contributed by atoms with Gasteiger partial charge in [0.2, 0.25) is 0 Å². The van der Waals surface area contributed by atoms with Crippen molar-refractivity contribution in [3.05, 3.63) is 28.8 Å². The third kappa shape index (κ3) is 3.08. The van der Waals surface area contributed by atoms with Crippen LogP contribution in [0.3, 0.4) is 0 Å². The summed E-state index contributed by atoms with van der Waals surface area (Å²) >= 11 is 5.65. The Kier molecular flexibility index (Phi) is 3.23. The van der Waals surface area contributed by atoms with Crippen LogP contribution in [0.15, 0.2) is 18.2 Å². The van der Waals surface area contributed by atoms with E-state index in [0.29, 0.717) is 10.6 Å². The smallest absolute Gasteiger partial charge is 0.406 e. The van der Waals surface area contributed by atoms with Crippen LogP contribution < -0.4 is 10.5 Å². The van der Waals surface area contributed by atoms with Crippen molar-refractivity contribution >= 4 is 11.6 Å². The van der Waals surface area contributed by atoms with E-state index in [1.54, 1.807) is 0 Å². The average Bonchev–Trinajstić information content (AvgIpc) is 2.06. The molecule has 0 atom stereocenters. The van der Waals surface area contributed by atoms with Gasteiger partial charge in [0.25, 0.3) is 0 Å². The Hall–Kier alpha value is -0.940. The summed E-state index contributed by atoms with van der Waals surface area (Å²) in [6, 6.07) is 3.61. The minimum Gasteiger partial charge on any atom is -0.406 e. The largest absolute Gasteiger partial charge is 0.573 e. The lowest BCUT2D eigenvalue weighted by Gasteiger charge is -2.10. The second-order valence-corrected chi connectivity index (χ2v) is 2.91. The van der Waals surface area contributed by atoms with E-state index < -0.39 is 6.36 Å². The molecule has 0 amide bonds. The zero-order valence-corrected chi connectivity index (χ0v) is 7.69. The third-order valence-corrected chi connectivity index (χ3v) is 1.84. The molecule has 6 heteroatoms. The molecule has 0 unspecified atom stereocenters. The quantitative estimate of drug-likeness (QED) is 0.840. The lowest BCUT2D eigenvalue weighted by Crippen LogP contribution is -2.17. The fourth-order valence-electron chi connectivity index (χ4n) is 0.905. The molecule has 0 aliphatic rings. The van der Waals surface area contributed by atoms with Gasteiger partial charge in [-0.2, -0.15) is 0 Å². The second-order valence-electron chi connectivity index (χ2n) is 2.51. The van der Waals surface area contributed by atoms with Crippen molar-refractivity contribution in [2.75, 3.05) is 0 Å². The lowest BCUT2D eigenvalue weighted by atomic mass is 10.2. The molecule has 0 aromatic heterocycles. The van der Waals surface area contributed by atoms with Crippen LogP contribution in [0.2, 0.25) is 5.02 Å². The number of rotatable bonds is 2. The minimum atomic E-state index is -4.69. The maximum atomic E-state index is 11.8. The molecule has 1 aromatic rings. The molecule has 14 heavy (non-hydrogen) atoms. The normalized spacial score (nSPS) is 11.5. The van der Waals surface area contributed by atoms with Gasteiger partial charge in [-0.15, -0.1) is 13.2 Å². The van der Waals surface area contributed by atoms with Crippen LogP contribution in [0.4, 0.5) is 13.2 Å². The van der Waals surface area contributed by atoms with Gasteiger partial charge in [-0.1, -0.05) is 11.6 Å². The van der Waals surface area contributed by atoms with E-state index >= 15 is 0 Å². The SMILES string of the molecule is NCc1cc(OC(F)(F)F)ccc1Cl. The first-order valence-corrected chi connectivity index (χ1v) is 4.04. The van der Waals surface area contributed by atoms with Gasteiger partial charge in [-0.05, 0) is 23.8 Å². The predicted molar refractivity (Wildman–Crippen MR) is 46.0 cm³/mol. The number of halogens is 4. The Morgan fingerprint density at radius 3 is 2.50 bits per heavy atom. The molecule has 78 valence electrons. The van der Waals surface area contributed by atoms with E-state index in [-0.39, 0.29) is 12.3 Å². The van der Waals surface area contributed by atoms with E-state index in [1.807, 2.05) is 0 Å². The zero-order chi connectivity index (χ0) is 10.8. The highest BCUT2D eigenvalue weighted by Gasteiger charge is 2.31. The van der Waals surface area contributed by atoms with Gasteiger partial charge in [0.05, 0.1) is 0 Å². The molecule has 0 fully saturated rings. The fraction of sp³-hybridized carbons (Fsp3) is 0.250. The van der Waals surface area contributed by atoms with Crippen molar-refractivity contribution in [1.82, 2.24) is 0 Å². The minimum absolute atomic E-state index is 0.0634. The van der Waals surface area contributed by atoms with Crippen LogP contribution in [-0.2, 0) is 6.54 Å². The first-order chi connectivity index (χ1) is 6.42. The molecule has 0 saturated carbocycles. The van der Waals surface area contributed by atoms with E-state index in [2.05, 4.69) is 4.74 Å². The summed E-state index contributed by atoms with van der Waals surface area (Å²) in [5.74, 6) is -0.317. The molecule has 1 aromatic carbocycles.